The first-order valence-corrected chi connectivity index (χ1v) is 12.3. The number of ether oxygens (including phenoxy) is 1. The highest BCUT2D eigenvalue weighted by Crippen LogP contribution is 2.31. The third kappa shape index (κ3) is 4.86. The minimum absolute atomic E-state index is 0.0809. The first kappa shape index (κ1) is 23.7. The Bertz CT molecular complexity index is 1250. The Balaban J connectivity index is 1.21. The molecule has 186 valence electrons. The highest BCUT2D eigenvalue weighted by Gasteiger charge is 2.40. The van der Waals surface area contributed by atoms with E-state index in [1.165, 1.54) is 23.1 Å². The summed E-state index contributed by atoms with van der Waals surface area (Å²) in [6, 6.07) is 10.9. The summed E-state index contributed by atoms with van der Waals surface area (Å²) < 4.78 is 5.14. The molecule has 2 aromatic carbocycles. The van der Waals surface area contributed by atoms with E-state index >= 15 is 0 Å². The van der Waals surface area contributed by atoms with Crippen LogP contribution in [0.2, 0.25) is 0 Å². The van der Waals surface area contributed by atoms with Crippen LogP contribution < -0.4 is 10.6 Å². The van der Waals surface area contributed by atoms with Gasteiger partial charge in [0.25, 0.3) is 23.6 Å². The summed E-state index contributed by atoms with van der Waals surface area (Å²) in [7, 11) is 0. The average Bonchev–Trinajstić information content (AvgIpc) is 3.67. The van der Waals surface area contributed by atoms with Crippen molar-refractivity contribution in [3.05, 3.63) is 64.7 Å². The fourth-order valence-electron chi connectivity index (χ4n) is 4.74. The summed E-state index contributed by atoms with van der Waals surface area (Å²) in [5, 5.41) is 5.48. The summed E-state index contributed by atoms with van der Waals surface area (Å²) in [6.45, 7) is -0.574. The third-order valence-corrected chi connectivity index (χ3v) is 6.79. The number of para-hydroxylation sites is 1. The van der Waals surface area contributed by atoms with Crippen molar-refractivity contribution in [1.29, 1.82) is 0 Å². The van der Waals surface area contributed by atoms with Crippen LogP contribution in [-0.4, -0.2) is 53.2 Å². The molecule has 3 aliphatic rings. The Morgan fingerprint density at radius 1 is 0.889 bits per heavy atom. The van der Waals surface area contributed by atoms with Crippen LogP contribution in [0.25, 0.3) is 0 Å². The lowest BCUT2D eigenvalue weighted by atomic mass is 9.94. The van der Waals surface area contributed by atoms with Crippen molar-refractivity contribution in [3.63, 3.8) is 0 Å². The molecule has 36 heavy (non-hydrogen) atoms. The Hall–Kier alpha value is -4.01. The number of fused-ring (bicyclic) bond motifs is 1. The number of carbonyl (C=O) groups is 5. The molecule has 2 aliphatic carbocycles. The van der Waals surface area contributed by atoms with Crippen LogP contribution in [0.4, 0.5) is 5.69 Å². The summed E-state index contributed by atoms with van der Waals surface area (Å²) >= 11 is 0. The zero-order valence-electron chi connectivity index (χ0n) is 19.7. The number of amides is 4. The molecule has 2 fully saturated rings. The summed E-state index contributed by atoms with van der Waals surface area (Å²) in [4.78, 5) is 64.6. The van der Waals surface area contributed by atoms with Crippen LogP contribution >= 0.6 is 0 Å². The normalized spacial score (nSPS) is 17.5. The fourth-order valence-corrected chi connectivity index (χ4v) is 4.74. The van der Waals surface area contributed by atoms with Gasteiger partial charge in [-0.2, -0.15) is 0 Å². The zero-order valence-corrected chi connectivity index (χ0v) is 19.7. The van der Waals surface area contributed by atoms with Gasteiger partial charge in [0.2, 0.25) is 0 Å². The molecule has 0 radical (unpaired) electrons. The Kier molecular flexibility index (Phi) is 6.54. The molecule has 0 bridgehead atoms. The lowest BCUT2D eigenvalue weighted by molar-refractivity contribution is -0.119. The lowest BCUT2D eigenvalue weighted by Crippen LogP contribution is -2.40. The second-order valence-electron chi connectivity index (χ2n) is 9.45. The van der Waals surface area contributed by atoms with Crippen LogP contribution in [0.15, 0.2) is 42.5 Å². The molecule has 0 unspecified atom stereocenters. The molecule has 0 aromatic heterocycles. The number of imide groups is 1. The van der Waals surface area contributed by atoms with Crippen molar-refractivity contribution in [2.75, 3.05) is 11.9 Å². The zero-order chi connectivity index (χ0) is 25.2. The van der Waals surface area contributed by atoms with Gasteiger partial charge in [-0.3, -0.25) is 24.1 Å². The molecule has 5 rings (SSSR count). The van der Waals surface area contributed by atoms with Gasteiger partial charge in [0.05, 0.1) is 27.9 Å². The Morgan fingerprint density at radius 2 is 1.61 bits per heavy atom. The van der Waals surface area contributed by atoms with E-state index in [2.05, 4.69) is 10.6 Å². The highest BCUT2D eigenvalue weighted by molar-refractivity contribution is 6.22. The van der Waals surface area contributed by atoms with Crippen LogP contribution in [0.3, 0.4) is 0 Å². The molecule has 0 atom stereocenters. The minimum atomic E-state index is -0.788. The van der Waals surface area contributed by atoms with E-state index in [0.29, 0.717) is 11.3 Å². The Morgan fingerprint density at radius 3 is 2.36 bits per heavy atom. The lowest BCUT2D eigenvalue weighted by Gasteiger charge is -2.29. The van der Waals surface area contributed by atoms with E-state index in [4.69, 9.17) is 4.74 Å². The molecule has 9 nitrogen and oxygen atoms in total. The van der Waals surface area contributed by atoms with Crippen molar-refractivity contribution >= 4 is 35.3 Å². The summed E-state index contributed by atoms with van der Waals surface area (Å²) in [5.74, 6) is -2.39. The van der Waals surface area contributed by atoms with Crippen molar-refractivity contribution in [3.8, 4) is 0 Å². The van der Waals surface area contributed by atoms with E-state index < -0.39 is 24.4 Å². The second kappa shape index (κ2) is 9.93. The van der Waals surface area contributed by atoms with Crippen molar-refractivity contribution in [2.24, 2.45) is 0 Å². The molecular weight excluding hydrogens is 462 g/mol. The van der Waals surface area contributed by atoms with E-state index in [9.17, 15) is 24.0 Å². The fraction of sp³-hybridized carbons (Fsp3) is 0.370. The van der Waals surface area contributed by atoms with Gasteiger partial charge in [-0.05, 0) is 56.0 Å². The van der Waals surface area contributed by atoms with E-state index in [-0.39, 0.29) is 40.6 Å². The van der Waals surface area contributed by atoms with Gasteiger partial charge in [-0.1, -0.05) is 31.4 Å². The van der Waals surface area contributed by atoms with Gasteiger partial charge in [0, 0.05) is 12.1 Å². The molecule has 1 heterocycles. The van der Waals surface area contributed by atoms with Gasteiger partial charge in [-0.25, -0.2) is 4.79 Å². The second-order valence-corrected chi connectivity index (χ2v) is 9.45. The maximum atomic E-state index is 13.0. The number of nitrogens with zero attached hydrogens (tertiary/aromatic N) is 1. The first-order chi connectivity index (χ1) is 17.4. The smallest absolute Gasteiger partial charge is 0.338 e. The predicted molar refractivity (Wildman–Crippen MR) is 130 cm³/mol. The van der Waals surface area contributed by atoms with Crippen LogP contribution in [0.5, 0.6) is 0 Å². The van der Waals surface area contributed by atoms with Crippen molar-refractivity contribution < 1.29 is 28.7 Å². The Labute approximate surface area is 208 Å². The largest absolute Gasteiger partial charge is 0.452 e. The molecule has 0 spiro atoms. The number of esters is 1. The molecule has 1 aliphatic heterocycles. The number of nitrogens with one attached hydrogen (secondary N) is 2. The van der Waals surface area contributed by atoms with Gasteiger partial charge >= 0.3 is 5.97 Å². The van der Waals surface area contributed by atoms with E-state index in [1.54, 1.807) is 24.3 Å². The number of anilines is 1. The minimum Gasteiger partial charge on any atom is -0.452 e. The van der Waals surface area contributed by atoms with Crippen LogP contribution in [0.1, 0.15) is 86.4 Å². The molecule has 2 aromatic rings. The standard InChI is InChI=1S/C27H27N3O6/c31-23(29-22-9-5-4-8-20(22)24(32)28-17-11-12-17)15-36-27(35)16-10-13-19-21(14-16)26(34)30(25(19)33)18-6-2-1-3-7-18/h4-5,8-10,13-14,17-18H,1-3,6-7,11-12,15H2,(H,28,32)(H,29,31). The number of rotatable bonds is 7. The first-order valence-electron chi connectivity index (χ1n) is 12.3. The molecule has 2 saturated carbocycles. The molecule has 0 saturated heterocycles. The van der Waals surface area contributed by atoms with E-state index in [0.717, 1.165) is 44.9 Å². The quantitative estimate of drug-likeness (QED) is 0.455. The highest BCUT2D eigenvalue weighted by atomic mass is 16.5. The number of benzene rings is 2. The topological polar surface area (TPSA) is 122 Å². The maximum Gasteiger partial charge on any atom is 0.338 e. The number of hydrogen-bond donors (Lipinski definition) is 2. The molecular formula is C27H27N3O6. The average molecular weight is 490 g/mol. The summed E-state index contributed by atoms with van der Waals surface area (Å²) in [6.07, 6.45) is 6.53. The van der Waals surface area contributed by atoms with Crippen molar-refractivity contribution in [1.82, 2.24) is 10.2 Å². The van der Waals surface area contributed by atoms with Crippen LogP contribution in [0, 0.1) is 0 Å². The molecule has 4 amide bonds. The predicted octanol–water partition coefficient (Wildman–Crippen LogP) is 3.30. The van der Waals surface area contributed by atoms with Crippen molar-refractivity contribution in [2.45, 2.75) is 57.0 Å². The maximum absolute atomic E-state index is 13.0. The van der Waals surface area contributed by atoms with Gasteiger partial charge < -0.3 is 15.4 Å². The molecule has 2 N–H and O–H groups in total. The number of hydrogen-bond acceptors (Lipinski definition) is 6. The SMILES string of the molecule is O=C(COC(=O)c1ccc2c(c1)C(=O)N(C1CCCCC1)C2=O)Nc1ccccc1C(=O)NC1CC1. The van der Waals surface area contributed by atoms with E-state index in [1.807, 2.05) is 0 Å². The number of carbonyl (C=O) groups excluding carboxylic acids is 5. The van der Waals surface area contributed by atoms with Crippen LogP contribution in [-0.2, 0) is 9.53 Å². The molecule has 9 heteroatoms. The van der Waals surface area contributed by atoms with Gasteiger partial charge in [0.1, 0.15) is 0 Å². The van der Waals surface area contributed by atoms with Gasteiger partial charge in [-0.15, -0.1) is 0 Å². The monoisotopic (exact) mass is 489 g/mol. The summed E-state index contributed by atoms with van der Waals surface area (Å²) in [5.41, 5.74) is 1.19. The van der Waals surface area contributed by atoms with Gasteiger partial charge in [0.15, 0.2) is 6.61 Å². The third-order valence-electron chi connectivity index (χ3n) is 6.79.